The van der Waals surface area contributed by atoms with Crippen LogP contribution in [0, 0.1) is 5.92 Å². The molecule has 5 rings (SSSR count). The average Bonchev–Trinajstić information content (AvgIpc) is 3.46. The number of benzene rings is 1. The van der Waals surface area contributed by atoms with E-state index in [1.807, 2.05) is 35.1 Å². The quantitative estimate of drug-likeness (QED) is 0.817. The Morgan fingerprint density at radius 1 is 1.38 bits per heavy atom. The topological polar surface area (TPSA) is 79.3 Å². The molecule has 2 fully saturated rings. The molecule has 0 unspecified atom stereocenters. The summed E-state index contributed by atoms with van der Waals surface area (Å²) >= 11 is 0. The number of carbonyl (C=O) groups excluding carboxylic acids is 2. The minimum absolute atomic E-state index is 0.0468. The summed E-state index contributed by atoms with van der Waals surface area (Å²) in [7, 11) is 0. The Kier molecular flexibility index (Phi) is 4.42. The highest BCUT2D eigenvalue weighted by atomic mass is 16.2. The van der Waals surface area contributed by atoms with E-state index >= 15 is 0 Å². The van der Waals surface area contributed by atoms with Crippen molar-refractivity contribution in [2.75, 3.05) is 11.9 Å². The molecule has 2 N–H and O–H groups in total. The van der Waals surface area contributed by atoms with E-state index in [1.54, 1.807) is 6.20 Å². The van der Waals surface area contributed by atoms with Gasteiger partial charge >= 0.3 is 0 Å². The Morgan fingerprint density at radius 3 is 3.10 bits per heavy atom. The third-order valence-electron chi connectivity index (χ3n) is 6.70. The average molecular weight is 393 g/mol. The highest BCUT2D eigenvalue weighted by molar-refractivity contribution is 6.09. The maximum atomic E-state index is 13.4. The van der Waals surface area contributed by atoms with E-state index in [1.165, 1.54) is 0 Å². The summed E-state index contributed by atoms with van der Waals surface area (Å²) in [5.41, 5.74) is 1.89. The van der Waals surface area contributed by atoms with Crippen molar-refractivity contribution >= 4 is 17.5 Å². The molecule has 3 aliphatic heterocycles. The summed E-state index contributed by atoms with van der Waals surface area (Å²) in [5.74, 6) is -0.490. The number of rotatable bonds is 5. The first-order valence-electron chi connectivity index (χ1n) is 10.6. The molecule has 0 aliphatic carbocycles. The smallest absolute Gasteiger partial charge is 0.250 e. The van der Waals surface area contributed by atoms with Crippen molar-refractivity contribution in [1.29, 1.82) is 0 Å². The molecule has 4 heterocycles. The molecule has 3 aliphatic rings. The number of carbonyl (C=O) groups is 2. The Hall–Kier alpha value is -2.67. The largest absolute Gasteiger partial charge is 0.352 e. The van der Waals surface area contributed by atoms with Crippen molar-refractivity contribution in [3.63, 3.8) is 0 Å². The van der Waals surface area contributed by atoms with Crippen LogP contribution in [0.1, 0.15) is 43.7 Å². The molecule has 1 aromatic heterocycles. The fraction of sp³-hybridized carbons (Fsp3) is 0.500. The lowest BCUT2D eigenvalue weighted by molar-refractivity contribution is -0.137. The number of nitrogens with zero attached hydrogens (tertiary/aromatic N) is 3. The van der Waals surface area contributed by atoms with Gasteiger partial charge in [-0.1, -0.05) is 25.1 Å². The normalized spacial score (nSPS) is 27.8. The zero-order valence-electron chi connectivity index (χ0n) is 16.7. The Morgan fingerprint density at radius 2 is 2.24 bits per heavy atom. The van der Waals surface area contributed by atoms with Gasteiger partial charge in [-0.05, 0) is 38.3 Å². The Labute approximate surface area is 170 Å². The molecular weight excluding hydrogens is 366 g/mol. The standard InChI is InChI=1S/C22H27N5O2/c1-2-9-26-14-15(13-24-26)12-23-20(28)18-11-16-6-5-10-27(16)22(18)17-7-3-4-8-19(17)25-21(22)29/h3-4,7-8,13-14,16,18H,2,5-6,9-12H2,1H3,(H,23,28)(H,25,29)/t16-,18-,22+/m1/s1. The predicted molar refractivity (Wildman–Crippen MR) is 109 cm³/mol. The predicted octanol–water partition coefficient (Wildman–Crippen LogP) is 2.24. The Bertz CT molecular complexity index is 954. The highest BCUT2D eigenvalue weighted by Gasteiger charge is 2.65. The van der Waals surface area contributed by atoms with Crippen LogP contribution in [0.5, 0.6) is 0 Å². The van der Waals surface area contributed by atoms with Gasteiger partial charge in [0.25, 0.3) is 0 Å². The Balaban J connectivity index is 1.42. The monoisotopic (exact) mass is 393 g/mol. The van der Waals surface area contributed by atoms with Crippen LogP contribution in [0.25, 0.3) is 0 Å². The van der Waals surface area contributed by atoms with Gasteiger partial charge in [-0.25, -0.2) is 0 Å². The van der Waals surface area contributed by atoms with Crippen LogP contribution >= 0.6 is 0 Å². The minimum Gasteiger partial charge on any atom is -0.352 e. The summed E-state index contributed by atoms with van der Waals surface area (Å²) in [6.07, 6.45) is 7.64. The van der Waals surface area contributed by atoms with Gasteiger partial charge < -0.3 is 10.6 Å². The van der Waals surface area contributed by atoms with Crippen LogP contribution in [-0.4, -0.2) is 39.1 Å². The molecule has 1 spiro atoms. The van der Waals surface area contributed by atoms with Crippen molar-refractivity contribution in [2.24, 2.45) is 5.92 Å². The van der Waals surface area contributed by atoms with E-state index < -0.39 is 5.54 Å². The summed E-state index contributed by atoms with van der Waals surface area (Å²) in [5, 5.41) is 10.5. The number of aromatic nitrogens is 2. The van der Waals surface area contributed by atoms with Gasteiger partial charge in [0.15, 0.2) is 0 Å². The number of hydrogen-bond donors (Lipinski definition) is 2. The molecule has 2 amide bonds. The lowest BCUT2D eigenvalue weighted by Crippen LogP contribution is -2.54. The molecule has 2 aromatic rings. The fourth-order valence-electron chi connectivity index (χ4n) is 5.54. The van der Waals surface area contributed by atoms with E-state index in [0.29, 0.717) is 6.54 Å². The maximum absolute atomic E-state index is 13.4. The van der Waals surface area contributed by atoms with E-state index in [2.05, 4.69) is 27.6 Å². The summed E-state index contributed by atoms with van der Waals surface area (Å²) in [6.45, 7) is 4.27. The fourth-order valence-corrected chi connectivity index (χ4v) is 5.54. The molecule has 2 saturated heterocycles. The first-order valence-corrected chi connectivity index (χ1v) is 10.6. The van der Waals surface area contributed by atoms with E-state index in [9.17, 15) is 9.59 Å². The van der Waals surface area contributed by atoms with Crippen molar-refractivity contribution in [3.05, 3.63) is 47.8 Å². The minimum atomic E-state index is -0.881. The second-order valence-corrected chi connectivity index (χ2v) is 8.37. The number of nitrogens with one attached hydrogen (secondary N) is 2. The molecule has 1 aromatic carbocycles. The lowest BCUT2D eigenvalue weighted by atomic mass is 9.78. The number of aryl methyl sites for hydroxylation is 1. The third kappa shape index (κ3) is 2.71. The van der Waals surface area contributed by atoms with Crippen LogP contribution < -0.4 is 10.6 Å². The number of anilines is 1. The van der Waals surface area contributed by atoms with Crippen LogP contribution in [0.3, 0.4) is 0 Å². The summed E-state index contributed by atoms with van der Waals surface area (Å²) < 4.78 is 1.90. The second kappa shape index (κ2) is 6.99. The maximum Gasteiger partial charge on any atom is 0.250 e. The van der Waals surface area contributed by atoms with E-state index in [0.717, 1.165) is 55.6 Å². The summed E-state index contributed by atoms with van der Waals surface area (Å²) in [6, 6.07) is 8.11. The van der Waals surface area contributed by atoms with Gasteiger partial charge in [-0.15, -0.1) is 0 Å². The molecule has 3 atom stereocenters. The van der Waals surface area contributed by atoms with Crippen molar-refractivity contribution in [3.8, 4) is 0 Å². The molecule has 0 saturated carbocycles. The SMILES string of the molecule is CCCn1cc(CNC(=O)[C@H]2C[C@H]3CCCN3[C@]23C(=O)Nc2ccccc23)cn1. The molecule has 7 heteroatoms. The van der Waals surface area contributed by atoms with E-state index in [4.69, 9.17) is 0 Å². The van der Waals surface area contributed by atoms with Gasteiger partial charge in [-0.2, -0.15) is 5.10 Å². The van der Waals surface area contributed by atoms with Crippen LogP contribution in [0.2, 0.25) is 0 Å². The van der Waals surface area contributed by atoms with Gasteiger partial charge in [0.05, 0.1) is 12.1 Å². The molecular formula is C22H27N5O2. The zero-order valence-corrected chi connectivity index (χ0v) is 16.7. The number of amides is 2. The number of para-hydroxylation sites is 1. The highest BCUT2D eigenvalue weighted by Crippen LogP contribution is 2.55. The van der Waals surface area contributed by atoms with Crippen molar-refractivity contribution in [1.82, 2.24) is 20.0 Å². The molecule has 0 bridgehead atoms. The molecule has 0 radical (unpaired) electrons. The van der Waals surface area contributed by atoms with Crippen LogP contribution in [-0.2, 0) is 28.2 Å². The van der Waals surface area contributed by atoms with E-state index in [-0.39, 0.29) is 23.8 Å². The molecule has 7 nitrogen and oxygen atoms in total. The lowest BCUT2D eigenvalue weighted by Gasteiger charge is -2.36. The molecule has 152 valence electrons. The number of fused-ring (bicyclic) bond motifs is 4. The first kappa shape index (κ1) is 18.4. The van der Waals surface area contributed by atoms with Crippen molar-refractivity contribution < 1.29 is 9.59 Å². The first-order chi connectivity index (χ1) is 14.1. The summed E-state index contributed by atoms with van der Waals surface area (Å²) in [4.78, 5) is 29.0. The molecule has 29 heavy (non-hydrogen) atoms. The van der Waals surface area contributed by atoms with Crippen molar-refractivity contribution in [2.45, 2.75) is 57.3 Å². The number of hydrogen-bond acceptors (Lipinski definition) is 4. The van der Waals surface area contributed by atoms with Gasteiger partial charge in [0, 0.05) is 42.1 Å². The second-order valence-electron chi connectivity index (χ2n) is 8.37. The van der Waals surface area contributed by atoms with Crippen LogP contribution in [0.15, 0.2) is 36.7 Å². The third-order valence-corrected chi connectivity index (χ3v) is 6.70. The van der Waals surface area contributed by atoms with Crippen LogP contribution in [0.4, 0.5) is 5.69 Å². The van der Waals surface area contributed by atoms with Gasteiger partial charge in [-0.3, -0.25) is 19.2 Å². The van der Waals surface area contributed by atoms with Gasteiger partial charge in [0.1, 0.15) is 5.54 Å². The zero-order chi connectivity index (χ0) is 20.0. The van der Waals surface area contributed by atoms with Gasteiger partial charge in [0.2, 0.25) is 11.8 Å².